The van der Waals surface area contributed by atoms with Crippen molar-refractivity contribution < 1.29 is 4.74 Å². The second-order valence-electron chi connectivity index (χ2n) is 7.18. The van der Waals surface area contributed by atoms with Crippen LogP contribution in [0.3, 0.4) is 0 Å². The van der Waals surface area contributed by atoms with Crippen LogP contribution in [0.15, 0.2) is 48.8 Å². The van der Waals surface area contributed by atoms with Crippen molar-refractivity contribution in [2.45, 2.75) is 26.0 Å². The van der Waals surface area contributed by atoms with Gasteiger partial charge in [0.1, 0.15) is 12.4 Å². The molecule has 0 amide bonds. The largest absolute Gasteiger partial charge is 0.489 e. The van der Waals surface area contributed by atoms with Gasteiger partial charge < -0.3 is 10.1 Å². The summed E-state index contributed by atoms with van der Waals surface area (Å²) in [6, 6.07) is 12.5. The van der Waals surface area contributed by atoms with Crippen LogP contribution in [0.5, 0.6) is 5.75 Å². The highest BCUT2D eigenvalue weighted by Gasteiger charge is 2.39. The number of pyridine rings is 1. The molecule has 6 heteroatoms. The molecule has 4 nitrogen and oxygen atoms in total. The number of benzene rings is 1. The third-order valence-corrected chi connectivity index (χ3v) is 5.31. The van der Waals surface area contributed by atoms with E-state index in [2.05, 4.69) is 39.5 Å². The third-order valence-electron chi connectivity index (χ3n) is 5.31. The summed E-state index contributed by atoms with van der Waals surface area (Å²) < 4.78 is 5.83. The quantitative estimate of drug-likeness (QED) is 0.837. The molecule has 1 aromatic carbocycles. The highest BCUT2D eigenvalue weighted by Crippen LogP contribution is 2.36. The normalized spacial score (nSPS) is 22.0. The van der Waals surface area contributed by atoms with Gasteiger partial charge in [0.15, 0.2) is 0 Å². The minimum Gasteiger partial charge on any atom is -0.489 e. The summed E-state index contributed by atoms with van der Waals surface area (Å²) in [4.78, 5) is 6.70. The summed E-state index contributed by atoms with van der Waals surface area (Å²) in [5, 5.41) is 3.53. The molecular weight excluding hydrogens is 369 g/mol. The Kier molecular flexibility index (Phi) is 7.71. The Morgan fingerprint density at radius 3 is 2.62 bits per heavy atom. The molecule has 3 heterocycles. The minimum absolute atomic E-state index is 0. The van der Waals surface area contributed by atoms with Crippen molar-refractivity contribution in [1.82, 2.24) is 15.2 Å². The Morgan fingerprint density at radius 2 is 1.92 bits per heavy atom. The van der Waals surface area contributed by atoms with Crippen molar-refractivity contribution in [2.24, 2.45) is 5.41 Å². The zero-order chi connectivity index (χ0) is 16.2. The van der Waals surface area contributed by atoms with E-state index < -0.39 is 0 Å². The summed E-state index contributed by atoms with van der Waals surface area (Å²) in [6.07, 6.45) is 6.30. The average Bonchev–Trinajstić information content (AvgIpc) is 3.25. The lowest BCUT2D eigenvalue weighted by atomic mass is 9.86. The van der Waals surface area contributed by atoms with E-state index in [-0.39, 0.29) is 24.8 Å². The van der Waals surface area contributed by atoms with Crippen molar-refractivity contribution in [3.05, 3.63) is 59.9 Å². The number of hydrogen-bond acceptors (Lipinski definition) is 4. The molecule has 142 valence electrons. The van der Waals surface area contributed by atoms with E-state index in [4.69, 9.17) is 4.74 Å². The van der Waals surface area contributed by atoms with E-state index in [1.54, 1.807) is 6.20 Å². The van der Waals surface area contributed by atoms with E-state index in [1.165, 1.54) is 44.6 Å². The number of ether oxygens (including phenoxy) is 1. The predicted molar refractivity (Wildman–Crippen MR) is 109 cm³/mol. The van der Waals surface area contributed by atoms with Gasteiger partial charge in [0, 0.05) is 37.6 Å². The highest BCUT2D eigenvalue weighted by atomic mass is 35.5. The SMILES string of the molecule is Cl.Cl.c1cncc(COc2ccc(CN3CCC4(CCNC4)C3)cc2)c1. The zero-order valence-electron chi connectivity index (χ0n) is 14.9. The van der Waals surface area contributed by atoms with Gasteiger partial charge in [0.05, 0.1) is 0 Å². The Bertz CT molecular complexity index is 661. The number of likely N-dealkylation sites (tertiary alicyclic amines) is 1. The molecule has 2 aliphatic heterocycles. The van der Waals surface area contributed by atoms with Crippen LogP contribution < -0.4 is 10.1 Å². The van der Waals surface area contributed by atoms with Gasteiger partial charge in [-0.3, -0.25) is 9.88 Å². The van der Waals surface area contributed by atoms with E-state index in [9.17, 15) is 0 Å². The summed E-state index contributed by atoms with van der Waals surface area (Å²) in [6.45, 7) is 6.46. The maximum absolute atomic E-state index is 5.83. The van der Waals surface area contributed by atoms with Crippen molar-refractivity contribution in [3.8, 4) is 5.75 Å². The molecule has 1 aromatic heterocycles. The molecule has 1 N–H and O–H groups in total. The molecule has 2 aliphatic rings. The monoisotopic (exact) mass is 395 g/mol. The van der Waals surface area contributed by atoms with Crippen LogP contribution in [0.2, 0.25) is 0 Å². The maximum Gasteiger partial charge on any atom is 0.119 e. The first-order chi connectivity index (χ1) is 11.8. The topological polar surface area (TPSA) is 37.4 Å². The van der Waals surface area contributed by atoms with Gasteiger partial charge in [-0.1, -0.05) is 18.2 Å². The lowest BCUT2D eigenvalue weighted by molar-refractivity contribution is 0.268. The second kappa shape index (κ2) is 9.56. The van der Waals surface area contributed by atoms with Gasteiger partial charge in [-0.15, -0.1) is 24.8 Å². The fourth-order valence-electron chi connectivity index (χ4n) is 3.91. The first-order valence-corrected chi connectivity index (χ1v) is 8.85. The molecule has 2 saturated heterocycles. The van der Waals surface area contributed by atoms with Crippen LogP contribution in [-0.2, 0) is 13.2 Å². The highest BCUT2D eigenvalue weighted by molar-refractivity contribution is 5.85. The molecule has 4 rings (SSSR count). The molecule has 1 spiro atoms. The lowest BCUT2D eigenvalue weighted by Gasteiger charge is -2.22. The van der Waals surface area contributed by atoms with Crippen LogP contribution in [0.1, 0.15) is 24.0 Å². The summed E-state index contributed by atoms with van der Waals surface area (Å²) in [5.41, 5.74) is 3.01. The smallest absolute Gasteiger partial charge is 0.119 e. The first-order valence-electron chi connectivity index (χ1n) is 8.85. The van der Waals surface area contributed by atoms with Crippen molar-refractivity contribution in [3.63, 3.8) is 0 Å². The first kappa shape index (κ1) is 21.0. The molecule has 0 radical (unpaired) electrons. The van der Waals surface area contributed by atoms with E-state index >= 15 is 0 Å². The predicted octanol–water partition coefficient (Wildman–Crippen LogP) is 3.69. The number of nitrogens with zero attached hydrogens (tertiary/aromatic N) is 2. The van der Waals surface area contributed by atoms with Crippen LogP contribution in [-0.4, -0.2) is 36.1 Å². The number of aromatic nitrogens is 1. The Balaban J connectivity index is 0.00000121. The lowest BCUT2D eigenvalue weighted by Crippen LogP contribution is -2.28. The fourth-order valence-corrected chi connectivity index (χ4v) is 3.91. The molecule has 2 aromatic rings. The Labute approximate surface area is 168 Å². The van der Waals surface area contributed by atoms with Gasteiger partial charge in [-0.25, -0.2) is 0 Å². The second-order valence-corrected chi connectivity index (χ2v) is 7.18. The van der Waals surface area contributed by atoms with Gasteiger partial charge in [0.2, 0.25) is 0 Å². The molecule has 2 fully saturated rings. The molecule has 0 saturated carbocycles. The molecule has 1 atom stereocenters. The van der Waals surface area contributed by atoms with Crippen molar-refractivity contribution in [1.29, 1.82) is 0 Å². The molecule has 1 unspecified atom stereocenters. The van der Waals surface area contributed by atoms with Crippen LogP contribution >= 0.6 is 24.8 Å². The van der Waals surface area contributed by atoms with Crippen LogP contribution in [0.4, 0.5) is 0 Å². The number of halogens is 2. The fraction of sp³-hybridized carbons (Fsp3) is 0.450. The standard InChI is InChI=1S/C20H25N3O.2ClH/c1-2-18(12-21-9-1)14-24-19-5-3-17(4-6-19)13-23-11-8-20(16-23)7-10-22-15-20;;/h1-6,9,12,22H,7-8,10-11,13-16H2;2*1H. The minimum atomic E-state index is 0. The maximum atomic E-state index is 5.83. The molecule has 26 heavy (non-hydrogen) atoms. The van der Waals surface area contributed by atoms with Gasteiger partial charge in [-0.2, -0.15) is 0 Å². The van der Waals surface area contributed by atoms with E-state index in [1.807, 2.05) is 18.3 Å². The molecule has 0 aliphatic carbocycles. The zero-order valence-corrected chi connectivity index (χ0v) is 16.5. The number of rotatable bonds is 5. The van der Waals surface area contributed by atoms with Crippen LogP contribution in [0, 0.1) is 5.41 Å². The van der Waals surface area contributed by atoms with Gasteiger partial charge >= 0.3 is 0 Å². The number of hydrogen-bond donors (Lipinski definition) is 1. The van der Waals surface area contributed by atoms with Crippen molar-refractivity contribution >= 4 is 24.8 Å². The van der Waals surface area contributed by atoms with Crippen molar-refractivity contribution in [2.75, 3.05) is 26.2 Å². The number of nitrogens with one attached hydrogen (secondary N) is 1. The third kappa shape index (κ3) is 5.10. The molecular formula is C20H27Cl2N3O. The van der Waals surface area contributed by atoms with Crippen LogP contribution in [0.25, 0.3) is 0 Å². The molecule has 0 bridgehead atoms. The van der Waals surface area contributed by atoms with Gasteiger partial charge in [-0.05, 0) is 55.1 Å². The van der Waals surface area contributed by atoms with E-state index in [0.29, 0.717) is 12.0 Å². The summed E-state index contributed by atoms with van der Waals surface area (Å²) in [5.74, 6) is 0.917. The van der Waals surface area contributed by atoms with Gasteiger partial charge in [0.25, 0.3) is 0 Å². The Morgan fingerprint density at radius 1 is 1.08 bits per heavy atom. The van der Waals surface area contributed by atoms with E-state index in [0.717, 1.165) is 17.9 Å². The average molecular weight is 396 g/mol. The summed E-state index contributed by atoms with van der Waals surface area (Å²) >= 11 is 0. The summed E-state index contributed by atoms with van der Waals surface area (Å²) in [7, 11) is 0. The Hall–Kier alpha value is -1.33.